The zero-order valence-electron chi connectivity index (χ0n) is 15.4. The molecule has 3 rings (SSSR count). The first-order valence-corrected chi connectivity index (χ1v) is 9.19. The molecule has 1 unspecified atom stereocenters. The Kier molecular flexibility index (Phi) is 5.75. The Hall–Kier alpha value is -2.57. The average Bonchev–Trinajstić information content (AvgIpc) is 3.05. The summed E-state index contributed by atoms with van der Waals surface area (Å²) in [5, 5.41) is 7.12. The van der Waals surface area contributed by atoms with Gasteiger partial charge in [-0.05, 0) is 44.7 Å². The Morgan fingerprint density at radius 2 is 2.27 bits per heavy atom. The van der Waals surface area contributed by atoms with Gasteiger partial charge >= 0.3 is 0 Å². The highest BCUT2D eigenvalue weighted by Crippen LogP contribution is 2.23. The number of furan rings is 1. The minimum absolute atomic E-state index is 0.0328. The number of nitrogens with zero attached hydrogens (tertiary/aromatic N) is 3. The quantitative estimate of drug-likeness (QED) is 0.855. The van der Waals surface area contributed by atoms with Gasteiger partial charge in [-0.2, -0.15) is 5.10 Å². The highest BCUT2D eigenvalue weighted by Gasteiger charge is 2.23. The van der Waals surface area contributed by atoms with Crippen molar-refractivity contribution in [2.24, 2.45) is 5.92 Å². The largest absolute Gasteiger partial charge is 0.465 e. The third kappa shape index (κ3) is 4.53. The molecular formula is C19H26N4O3. The highest BCUT2D eigenvalue weighted by atomic mass is 16.3. The summed E-state index contributed by atoms with van der Waals surface area (Å²) in [5.74, 6) is 1.92. The average molecular weight is 358 g/mol. The molecule has 0 aromatic carbocycles. The minimum Gasteiger partial charge on any atom is -0.465 e. The Morgan fingerprint density at radius 1 is 1.42 bits per heavy atom. The first kappa shape index (κ1) is 18.2. The third-order valence-corrected chi connectivity index (χ3v) is 4.77. The van der Waals surface area contributed by atoms with Crippen molar-refractivity contribution in [2.45, 2.75) is 46.2 Å². The Morgan fingerprint density at radius 3 is 2.96 bits per heavy atom. The van der Waals surface area contributed by atoms with Crippen molar-refractivity contribution >= 4 is 11.6 Å². The van der Waals surface area contributed by atoms with Crippen LogP contribution in [-0.2, 0) is 17.9 Å². The number of aryl methyl sites for hydroxylation is 2. The zero-order valence-corrected chi connectivity index (χ0v) is 15.4. The van der Waals surface area contributed by atoms with E-state index in [9.17, 15) is 9.59 Å². The molecular weight excluding hydrogens is 332 g/mol. The summed E-state index contributed by atoms with van der Waals surface area (Å²) in [5.41, 5.74) is 0.759. The molecule has 7 nitrogen and oxygen atoms in total. The van der Waals surface area contributed by atoms with Crippen LogP contribution >= 0.6 is 0 Å². The Balaban J connectivity index is 1.53. The molecule has 0 saturated carbocycles. The molecule has 3 heterocycles. The number of carbonyl (C=O) groups is 1. The number of piperidine rings is 1. The van der Waals surface area contributed by atoms with Gasteiger partial charge in [-0.15, -0.1) is 0 Å². The minimum atomic E-state index is -0.0846. The zero-order chi connectivity index (χ0) is 18.5. The number of aromatic nitrogens is 2. The van der Waals surface area contributed by atoms with Crippen LogP contribution in [0.4, 0.5) is 5.69 Å². The van der Waals surface area contributed by atoms with Gasteiger partial charge in [0, 0.05) is 32.1 Å². The van der Waals surface area contributed by atoms with E-state index in [-0.39, 0.29) is 17.4 Å². The summed E-state index contributed by atoms with van der Waals surface area (Å²) >= 11 is 0. The molecule has 7 heteroatoms. The molecule has 2 aromatic heterocycles. The first-order valence-electron chi connectivity index (χ1n) is 9.19. The van der Waals surface area contributed by atoms with Gasteiger partial charge < -0.3 is 14.6 Å². The van der Waals surface area contributed by atoms with E-state index in [2.05, 4.69) is 15.3 Å². The predicted octanol–water partition coefficient (Wildman–Crippen LogP) is 2.09. The van der Waals surface area contributed by atoms with E-state index in [1.807, 2.05) is 26.0 Å². The van der Waals surface area contributed by atoms with Crippen LogP contribution in [0.25, 0.3) is 0 Å². The molecule has 0 radical (unpaired) electrons. The van der Waals surface area contributed by atoms with Gasteiger partial charge in [0.25, 0.3) is 5.56 Å². The molecule has 1 amide bonds. The SMILES string of the molecule is CCn1ncc(N2CCCC(CC(=O)NCc3ccc(C)o3)C2)cc1=O. The van der Waals surface area contributed by atoms with Gasteiger partial charge in [-0.1, -0.05) is 0 Å². The van der Waals surface area contributed by atoms with Crippen LogP contribution in [0.5, 0.6) is 0 Å². The topological polar surface area (TPSA) is 80.4 Å². The van der Waals surface area contributed by atoms with Crippen LogP contribution < -0.4 is 15.8 Å². The van der Waals surface area contributed by atoms with Crippen molar-refractivity contribution in [3.05, 3.63) is 46.3 Å². The van der Waals surface area contributed by atoms with Crippen LogP contribution in [0.1, 0.15) is 37.7 Å². The van der Waals surface area contributed by atoms with E-state index in [0.717, 1.165) is 43.1 Å². The summed E-state index contributed by atoms with van der Waals surface area (Å²) in [4.78, 5) is 26.4. The molecule has 0 aliphatic carbocycles. The summed E-state index contributed by atoms with van der Waals surface area (Å²) in [6.07, 6.45) is 4.25. The second-order valence-electron chi connectivity index (χ2n) is 6.82. The summed E-state index contributed by atoms with van der Waals surface area (Å²) in [6.45, 7) is 6.42. The Bertz CT molecular complexity index is 811. The first-order chi connectivity index (χ1) is 12.5. The maximum atomic E-state index is 12.2. The van der Waals surface area contributed by atoms with Crippen molar-refractivity contribution in [3.63, 3.8) is 0 Å². The molecule has 2 aromatic rings. The fourth-order valence-corrected chi connectivity index (χ4v) is 3.40. The fraction of sp³-hybridized carbons (Fsp3) is 0.526. The van der Waals surface area contributed by atoms with Crippen molar-refractivity contribution in [1.29, 1.82) is 0 Å². The van der Waals surface area contributed by atoms with Crippen LogP contribution in [0.15, 0.2) is 33.6 Å². The molecule has 140 valence electrons. The maximum Gasteiger partial charge on any atom is 0.268 e. The maximum absolute atomic E-state index is 12.2. The molecule has 0 bridgehead atoms. The molecule has 26 heavy (non-hydrogen) atoms. The second-order valence-corrected chi connectivity index (χ2v) is 6.82. The van der Waals surface area contributed by atoms with Crippen molar-refractivity contribution in [3.8, 4) is 0 Å². The summed E-state index contributed by atoms with van der Waals surface area (Å²) in [6, 6.07) is 5.41. The summed E-state index contributed by atoms with van der Waals surface area (Å²) in [7, 11) is 0. The molecule has 1 N–H and O–H groups in total. The number of nitrogens with one attached hydrogen (secondary N) is 1. The standard InChI is InChI=1S/C19H26N4O3/c1-3-23-19(25)10-16(11-21-23)22-8-4-5-15(13-22)9-18(24)20-12-17-7-6-14(2)26-17/h6-7,10-11,15H,3-5,8-9,12-13H2,1-2H3,(H,20,24). The van der Waals surface area contributed by atoms with Gasteiger partial charge in [0.2, 0.25) is 5.91 Å². The van der Waals surface area contributed by atoms with Crippen LogP contribution in [0, 0.1) is 12.8 Å². The fourth-order valence-electron chi connectivity index (χ4n) is 3.40. The third-order valence-electron chi connectivity index (χ3n) is 4.77. The van der Waals surface area contributed by atoms with Crippen LogP contribution in [0.2, 0.25) is 0 Å². The molecule has 1 saturated heterocycles. The molecule has 1 fully saturated rings. The van der Waals surface area contributed by atoms with E-state index >= 15 is 0 Å². The van der Waals surface area contributed by atoms with Gasteiger partial charge in [0.1, 0.15) is 11.5 Å². The van der Waals surface area contributed by atoms with Crippen molar-refractivity contribution < 1.29 is 9.21 Å². The van der Waals surface area contributed by atoms with Crippen molar-refractivity contribution in [1.82, 2.24) is 15.1 Å². The normalized spacial score (nSPS) is 17.3. The van der Waals surface area contributed by atoms with Gasteiger partial charge in [0.05, 0.1) is 18.4 Å². The van der Waals surface area contributed by atoms with Gasteiger partial charge in [0.15, 0.2) is 0 Å². The lowest BCUT2D eigenvalue weighted by Gasteiger charge is -2.33. The number of hydrogen-bond acceptors (Lipinski definition) is 5. The van der Waals surface area contributed by atoms with Crippen molar-refractivity contribution in [2.75, 3.05) is 18.0 Å². The predicted molar refractivity (Wildman–Crippen MR) is 99.0 cm³/mol. The molecule has 1 aliphatic heterocycles. The van der Waals surface area contributed by atoms with Gasteiger partial charge in [-0.25, -0.2) is 4.68 Å². The van der Waals surface area contributed by atoms with E-state index < -0.39 is 0 Å². The highest BCUT2D eigenvalue weighted by molar-refractivity contribution is 5.76. The second kappa shape index (κ2) is 8.21. The van der Waals surface area contributed by atoms with Crippen LogP contribution in [0.3, 0.4) is 0 Å². The lowest BCUT2D eigenvalue weighted by molar-refractivity contribution is -0.122. The van der Waals surface area contributed by atoms with Crippen LogP contribution in [-0.4, -0.2) is 28.8 Å². The number of rotatable bonds is 6. The van der Waals surface area contributed by atoms with Gasteiger partial charge in [-0.3, -0.25) is 9.59 Å². The number of anilines is 1. The van der Waals surface area contributed by atoms with E-state index in [1.54, 1.807) is 12.3 Å². The molecule has 1 atom stereocenters. The van der Waals surface area contributed by atoms with E-state index in [1.165, 1.54) is 4.68 Å². The van der Waals surface area contributed by atoms with E-state index in [4.69, 9.17) is 4.42 Å². The summed E-state index contributed by atoms with van der Waals surface area (Å²) < 4.78 is 6.91. The van der Waals surface area contributed by atoms with E-state index in [0.29, 0.717) is 19.5 Å². The monoisotopic (exact) mass is 358 g/mol. The number of hydrogen-bond donors (Lipinski definition) is 1. The Labute approximate surface area is 153 Å². The lowest BCUT2D eigenvalue weighted by Crippen LogP contribution is -2.38. The number of amides is 1. The smallest absolute Gasteiger partial charge is 0.268 e. The molecule has 0 spiro atoms. The number of carbonyl (C=O) groups excluding carboxylic acids is 1. The lowest BCUT2D eigenvalue weighted by atomic mass is 9.94. The molecule has 1 aliphatic rings.